The smallest absolute Gasteiger partial charge is 0.320 e. The van der Waals surface area contributed by atoms with Crippen LogP contribution in [0.4, 0.5) is 10.6 Å². The Balaban J connectivity index is 1.61. The molecule has 1 aromatic carbocycles. The molecule has 0 radical (unpaired) electrons. The fraction of sp³-hybridized carbons (Fsp3) is 0.250. The first-order chi connectivity index (χ1) is 10.2. The number of nitrogens with one attached hydrogen (secondary N) is 2. The molecule has 1 heterocycles. The highest BCUT2D eigenvalue weighted by Gasteiger charge is 2.01. The van der Waals surface area contributed by atoms with Crippen molar-refractivity contribution in [2.45, 2.75) is 13.3 Å². The van der Waals surface area contributed by atoms with Crippen molar-refractivity contribution in [3.05, 3.63) is 54.2 Å². The van der Waals surface area contributed by atoms with E-state index < -0.39 is 0 Å². The van der Waals surface area contributed by atoms with Crippen molar-refractivity contribution in [2.24, 2.45) is 0 Å². The first-order valence-corrected chi connectivity index (χ1v) is 6.90. The third-order valence-electron chi connectivity index (χ3n) is 2.75. The molecular formula is C16H19N3O2. The van der Waals surface area contributed by atoms with E-state index in [4.69, 9.17) is 4.74 Å². The number of hydrogen-bond acceptors (Lipinski definition) is 3. The first-order valence-electron chi connectivity index (χ1n) is 6.90. The minimum absolute atomic E-state index is 0.257. The number of anilines is 1. The molecule has 1 aromatic heterocycles. The Kier molecular flexibility index (Phi) is 5.58. The zero-order valence-corrected chi connectivity index (χ0v) is 12.0. The zero-order chi connectivity index (χ0) is 14.9. The van der Waals surface area contributed by atoms with Gasteiger partial charge < -0.3 is 10.1 Å². The summed E-state index contributed by atoms with van der Waals surface area (Å²) < 4.78 is 5.54. The fourth-order valence-corrected chi connectivity index (χ4v) is 1.75. The molecule has 0 saturated carbocycles. The molecule has 0 aliphatic rings. The second-order valence-corrected chi connectivity index (χ2v) is 4.56. The van der Waals surface area contributed by atoms with Gasteiger partial charge in [-0.1, -0.05) is 24.3 Å². The van der Waals surface area contributed by atoms with Crippen LogP contribution < -0.4 is 15.4 Å². The van der Waals surface area contributed by atoms with E-state index in [1.807, 2.05) is 49.4 Å². The van der Waals surface area contributed by atoms with Crippen molar-refractivity contribution in [3.8, 4) is 5.75 Å². The van der Waals surface area contributed by atoms with Crippen LogP contribution in [-0.2, 0) is 0 Å². The lowest BCUT2D eigenvalue weighted by Gasteiger charge is -2.08. The lowest BCUT2D eigenvalue weighted by atomic mass is 10.3. The number of nitrogens with zero attached hydrogens (tertiary/aromatic N) is 1. The Morgan fingerprint density at radius 3 is 2.71 bits per heavy atom. The van der Waals surface area contributed by atoms with Gasteiger partial charge in [-0.2, -0.15) is 0 Å². The predicted molar refractivity (Wildman–Crippen MR) is 82.5 cm³/mol. The average Bonchev–Trinajstić information content (AvgIpc) is 2.48. The summed E-state index contributed by atoms with van der Waals surface area (Å²) in [5.74, 6) is 1.39. The number of aromatic nitrogens is 1. The van der Waals surface area contributed by atoms with Gasteiger partial charge >= 0.3 is 6.03 Å². The maximum atomic E-state index is 11.7. The van der Waals surface area contributed by atoms with Gasteiger partial charge in [0.1, 0.15) is 11.6 Å². The highest BCUT2D eigenvalue weighted by Crippen LogP contribution is 2.08. The molecule has 2 N–H and O–H groups in total. The topological polar surface area (TPSA) is 63.2 Å². The molecule has 2 aromatic rings. The zero-order valence-electron chi connectivity index (χ0n) is 12.0. The molecule has 0 spiro atoms. The molecule has 0 atom stereocenters. The summed E-state index contributed by atoms with van der Waals surface area (Å²) in [6.07, 6.45) is 0.740. The van der Waals surface area contributed by atoms with Gasteiger partial charge in [0, 0.05) is 12.2 Å². The molecule has 110 valence electrons. The van der Waals surface area contributed by atoms with Crippen LogP contribution in [0.5, 0.6) is 5.75 Å². The van der Waals surface area contributed by atoms with Gasteiger partial charge in [0.25, 0.3) is 0 Å². The minimum atomic E-state index is -0.257. The van der Waals surface area contributed by atoms with Crippen molar-refractivity contribution in [3.63, 3.8) is 0 Å². The Morgan fingerprint density at radius 1 is 1.14 bits per heavy atom. The molecule has 0 fully saturated rings. The van der Waals surface area contributed by atoms with E-state index in [2.05, 4.69) is 15.6 Å². The molecule has 0 unspecified atom stereocenters. The second-order valence-electron chi connectivity index (χ2n) is 4.56. The number of hydrogen-bond donors (Lipinski definition) is 2. The summed E-state index contributed by atoms with van der Waals surface area (Å²) in [5, 5.41) is 5.46. The van der Waals surface area contributed by atoms with Gasteiger partial charge in [0.15, 0.2) is 0 Å². The van der Waals surface area contributed by atoms with Crippen LogP contribution in [0.2, 0.25) is 0 Å². The number of carbonyl (C=O) groups excluding carboxylic acids is 1. The van der Waals surface area contributed by atoms with E-state index in [1.54, 1.807) is 6.07 Å². The van der Waals surface area contributed by atoms with Crippen molar-refractivity contribution >= 4 is 11.8 Å². The van der Waals surface area contributed by atoms with Crippen molar-refractivity contribution in [1.29, 1.82) is 0 Å². The number of rotatable bonds is 6. The monoisotopic (exact) mass is 285 g/mol. The van der Waals surface area contributed by atoms with Crippen LogP contribution in [-0.4, -0.2) is 24.2 Å². The largest absolute Gasteiger partial charge is 0.494 e. The summed E-state index contributed by atoms with van der Waals surface area (Å²) in [6.45, 7) is 2.99. The maximum absolute atomic E-state index is 11.7. The Morgan fingerprint density at radius 2 is 1.95 bits per heavy atom. The third kappa shape index (κ3) is 5.52. The summed E-state index contributed by atoms with van der Waals surface area (Å²) >= 11 is 0. The predicted octanol–water partition coefficient (Wildman–Crippen LogP) is 2.98. The Bertz CT molecular complexity index is 573. The van der Waals surface area contributed by atoms with Gasteiger partial charge in [0.05, 0.1) is 6.61 Å². The molecule has 2 rings (SSSR count). The first kappa shape index (κ1) is 14.8. The van der Waals surface area contributed by atoms with Crippen LogP contribution in [0.15, 0.2) is 48.5 Å². The normalized spacial score (nSPS) is 9.95. The van der Waals surface area contributed by atoms with Crippen LogP contribution in [0.25, 0.3) is 0 Å². The number of aryl methyl sites for hydroxylation is 1. The summed E-state index contributed by atoms with van der Waals surface area (Å²) in [4.78, 5) is 15.9. The maximum Gasteiger partial charge on any atom is 0.320 e. The van der Waals surface area contributed by atoms with E-state index in [-0.39, 0.29) is 6.03 Å². The van der Waals surface area contributed by atoms with Crippen LogP contribution in [0, 0.1) is 6.92 Å². The van der Waals surface area contributed by atoms with Gasteiger partial charge in [-0.05, 0) is 37.6 Å². The lowest BCUT2D eigenvalue weighted by molar-refractivity contribution is 0.250. The molecule has 0 bridgehead atoms. The molecule has 0 saturated heterocycles. The molecule has 5 nitrogen and oxygen atoms in total. The second kappa shape index (κ2) is 7.89. The highest BCUT2D eigenvalue weighted by molar-refractivity contribution is 5.88. The third-order valence-corrected chi connectivity index (χ3v) is 2.75. The molecule has 0 aliphatic heterocycles. The molecule has 21 heavy (non-hydrogen) atoms. The number of amides is 2. The molecule has 5 heteroatoms. The number of pyridine rings is 1. The van der Waals surface area contributed by atoms with Crippen molar-refractivity contribution in [2.75, 3.05) is 18.5 Å². The van der Waals surface area contributed by atoms with Crippen LogP contribution >= 0.6 is 0 Å². The lowest BCUT2D eigenvalue weighted by Crippen LogP contribution is -2.30. The summed E-state index contributed by atoms with van der Waals surface area (Å²) in [5.41, 5.74) is 0.865. The van der Waals surface area contributed by atoms with Crippen molar-refractivity contribution in [1.82, 2.24) is 10.3 Å². The Labute approximate surface area is 124 Å². The number of benzene rings is 1. The minimum Gasteiger partial charge on any atom is -0.494 e. The highest BCUT2D eigenvalue weighted by atomic mass is 16.5. The summed E-state index contributed by atoms with van der Waals surface area (Å²) in [6, 6.07) is 14.8. The molecule has 0 aliphatic carbocycles. The van der Waals surface area contributed by atoms with Crippen LogP contribution in [0.1, 0.15) is 12.1 Å². The van der Waals surface area contributed by atoms with Gasteiger partial charge in [-0.15, -0.1) is 0 Å². The number of urea groups is 1. The number of para-hydroxylation sites is 1. The number of ether oxygens (including phenoxy) is 1. The number of carbonyl (C=O) groups is 1. The summed E-state index contributed by atoms with van der Waals surface area (Å²) in [7, 11) is 0. The quantitative estimate of drug-likeness (QED) is 0.802. The Hall–Kier alpha value is -2.56. The van der Waals surface area contributed by atoms with E-state index in [0.717, 1.165) is 17.9 Å². The van der Waals surface area contributed by atoms with E-state index in [1.165, 1.54) is 0 Å². The molecule has 2 amide bonds. The van der Waals surface area contributed by atoms with E-state index in [9.17, 15) is 4.79 Å². The van der Waals surface area contributed by atoms with Gasteiger partial charge in [0.2, 0.25) is 0 Å². The SMILES string of the molecule is Cc1cccc(NC(=O)NCCCOc2ccccc2)n1. The van der Waals surface area contributed by atoms with E-state index >= 15 is 0 Å². The fourth-order valence-electron chi connectivity index (χ4n) is 1.75. The van der Waals surface area contributed by atoms with E-state index in [0.29, 0.717) is 19.0 Å². The molecular weight excluding hydrogens is 266 g/mol. The van der Waals surface area contributed by atoms with Gasteiger partial charge in [-0.3, -0.25) is 5.32 Å². The average molecular weight is 285 g/mol. The standard InChI is InChI=1S/C16H19N3O2/c1-13-7-5-10-15(18-13)19-16(20)17-11-6-12-21-14-8-3-2-4-9-14/h2-5,7-10H,6,11-12H2,1H3,(H2,17,18,19,20). The van der Waals surface area contributed by atoms with Crippen molar-refractivity contribution < 1.29 is 9.53 Å². The van der Waals surface area contributed by atoms with Crippen LogP contribution in [0.3, 0.4) is 0 Å². The van der Waals surface area contributed by atoms with Gasteiger partial charge in [-0.25, -0.2) is 9.78 Å².